The summed E-state index contributed by atoms with van der Waals surface area (Å²) in [6.45, 7) is 6.70. The topological polar surface area (TPSA) is 48.5 Å². The van der Waals surface area contributed by atoms with E-state index in [0.717, 1.165) is 40.4 Å². The van der Waals surface area contributed by atoms with Crippen LogP contribution in [0, 0.1) is 0 Å². The number of benzene rings is 1. The lowest BCUT2D eigenvalue weighted by atomic mass is 10.3. The van der Waals surface area contributed by atoms with Gasteiger partial charge in [-0.25, -0.2) is 9.29 Å². The van der Waals surface area contributed by atoms with E-state index in [0.29, 0.717) is 24.6 Å². The highest BCUT2D eigenvalue weighted by Gasteiger charge is 2.34. The van der Waals surface area contributed by atoms with Crippen molar-refractivity contribution in [2.75, 3.05) is 36.4 Å². The molecule has 2 aromatic rings. The van der Waals surface area contributed by atoms with Crippen LogP contribution >= 0.6 is 23.3 Å². The Kier molecular flexibility index (Phi) is 7.93. The van der Waals surface area contributed by atoms with E-state index in [1.807, 2.05) is 43.0 Å². The van der Waals surface area contributed by atoms with E-state index in [2.05, 4.69) is 14.6 Å². The number of thiazole rings is 1. The Hall–Kier alpha value is -1.78. The first-order chi connectivity index (χ1) is 13.0. The van der Waals surface area contributed by atoms with Crippen LogP contribution in [-0.2, 0) is 11.0 Å². The summed E-state index contributed by atoms with van der Waals surface area (Å²) < 4.78 is 40.1. The minimum atomic E-state index is -4.39. The average molecular weight is 419 g/mol. The molecule has 5 nitrogen and oxygen atoms in total. The van der Waals surface area contributed by atoms with Crippen molar-refractivity contribution in [1.29, 1.82) is 0 Å². The van der Waals surface area contributed by atoms with E-state index in [-0.39, 0.29) is 0 Å². The minimum absolute atomic E-state index is 0.418. The molecule has 0 aliphatic carbocycles. The summed E-state index contributed by atoms with van der Waals surface area (Å²) in [7, 11) is 0. The van der Waals surface area contributed by atoms with Gasteiger partial charge in [0, 0.05) is 42.1 Å². The number of amides is 1. The Labute approximate surface area is 164 Å². The SMILES string of the molecule is CC.O=CNc1ccc(SN2CCN(c3nc(C(F)(F)F)cs3)CC2)cc1. The molecule has 27 heavy (non-hydrogen) atoms. The number of nitrogens with one attached hydrogen (secondary N) is 1. The highest BCUT2D eigenvalue weighted by atomic mass is 32.2. The van der Waals surface area contributed by atoms with Crippen molar-refractivity contribution in [2.45, 2.75) is 24.9 Å². The molecule has 0 radical (unpaired) electrons. The molecular formula is C17H21F3N4OS2. The molecule has 148 valence electrons. The van der Waals surface area contributed by atoms with Crippen LogP contribution < -0.4 is 10.2 Å². The maximum absolute atomic E-state index is 12.6. The Morgan fingerprint density at radius 3 is 2.30 bits per heavy atom. The lowest BCUT2D eigenvalue weighted by Crippen LogP contribution is -2.43. The van der Waals surface area contributed by atoms with Crippen molar-refractivity contribution in [3.63, 3.8) is 0 Å². The number of piperazine rings is 1. The molecule has 3 rings (SSSR count). The maximum Gasteiger partial charge on any atom is 0.434 e. The van der Waals surface area contributed by atoms with Gasteiger partial charge in [-0.2, -0.15) is 13.2 Å². The van der Waals surface area contributed by atoms with E-state index >= 15 is 0 Å². The van der Waals surface area contributed by atoms with E-state index in [9.17, 15) is 18.0 Å². The summed E-state index contributed by atoms with van der Waals surface area (Å²) in [5.41, 5.74) is -0.0956. The molecule has 2 heterocycles. The van der Waals surface area contributed by atoms with Gasteiger partial charge in [-0.05, 0) is 36.2 Å². The van der Waals surface area contributed by atoms with Crippen molar-refractivity contribution >= 4 is 40.5 Å². The zero-order valence-electron chi connectivity index (χ0n) is 15.0. The number of nitrogens with zero attached hydrogens (tertiary/aromatic N) is 3. The van der Waals surface area contributed by atoms with Crippen molar-refractivity contribution in [1.82, 2.24) is 9.29 Å². The number of anilines is 2. The van der Waals surface area contributed by atoms with Gasteiger partial charge < -0.3 is 10.2 Å². The fourth-order valence-electron chi connectivity index (χ4n) is 2.34. The summed E-state index contributed by atoms with van der Waals surface area (Å²) in [5.74, 6) is 0. The molecule has 1 aliphatic heterocycles. The van der Waals surface area contributed by atoms with E-state index in [4.69, 9.17) is 0 Å². The summed E-state index contributed by atoms with van der Waals surface area (Å²) in [6, 6.07) is 7.47. The predicted octanol–water partition coefficient (Wildman–Crippen LogP) is 4.59. The Balaban J connectivity index is 0.00000126. The third-order valence-corrected chi connectivity index (χ3v) is 5.61. The van der Waals surface area contributed by atoms with E-state index in [1.54, 1.807) is 11.9 Å². The third kappa shape index (κ3) is 6.12. The number of hydrogen-bond donors (Lipinski definition) is 1. The average Bonchev–Trinajstić information content (AvgIpc) is 3.17. The van der Waals surface area contributed by atoms with Crippen LogP contribution in [-0.4, -0.2) is 41.9 Å². The molecule has 10 heteroatoms. The lowest BCUT2D eigenvalue weighted by Gasteiger charge is -2.33. The van der Waals surface area contributed by atoms with Crippen LogP contribution in [0.2, 0.25) is 0 Å². The van der Waals surface area contributed by atoms with Gasteiger partial charge in [0.05, 0.1) is 0 Å². The van der Waals surface area contributed by atoms with Crippen LogP contribution in [0.5, 0.6) is 0 Å². The fourth-order valence-corrected chi connectivity index (χ4v) is 4.13. The van der Waals surface area contributed by atoms with Gasteiger partial charge in [0.1, 0.15) is 0 Å². The Morgan fingerprint density at radius 1 is 1.15 bits per heavy atom. The molecule has 1 aromatic carbocycles. The predicted molar refractivity (Wildman–Crippen MR) is 104 cm³/mol. The third-order valence-electron chi connectivity index (χ3n) is 3.61. The van der Waals surface area contributed by atoms with Gasteiger partial charge in [-0.1, -0.05) is 13.8 Å². The zero-order chi connectivity index (χ0) is 19.9. The largest absolute Gasteiger partial charge is 0.434 e. The lowest BCUT2D eigenvalue weighted by molar-refractivity contribution is -0.140. The second kappa shape index (κ2) is 9.95. The van der Waals surface area contributed by atoms with Gasteiger partial charge in [-0.15, -0.1) is 11.3 Å². The van der Waals surface area contributed by atoms with E-state index < -0.39 is 11.9 Å². The first-order valence-corrected chi connectivity index (χ1v) is 10.1. The molecule has 1 aliphatic rings. The number of alkyl halides is 3. The molecule has 1 fully saturated rings. The summed E-state index contributed by atoms with van der Waals surface area (Å²) in [4.78, 5) is 17.0. The maximum atomic E-state index is 12.6. The van der Waals surface area contributed by atoms with Crippen LogP contribution in [0.3, 0.4) is 0 Å². The Morgan fingerprint density at radius 2 is 1.78 bits per heavy atom. The Bertz CT molecular complexity index is 714. The monoisotopic (exact) mass is 418 g/mol. The normalized spacial score (nSPS) is 15.1. The number of aromatic nitrogens is 1. The number of hydrogen-bond acceptors (Lipinski definition) is 6. The molecule has 1 amide bonds. The summed E-state index contributed by atoms with van der Waals surface area (Å²) >= 11 is 2.62. The second-order valence-electron chi connectivity index (χ2n) is 5.31. The fraction of sp³-hybridized carbons (Fsp3) is 0.412. The molecule has 0 atom stereocenters. The van der Waals surface area contributed by atoms with Crippen LogP contribution in [0.15, 0.2) is 34.5 Å². The highest BCUT2D eigenvalue weighted by molar-refractivity contribution is 7.97. The van der Waals surface area contributed by atoms with Crippen LogP contribution in [0.25, 0.3) is 0 Å². The van der Waals surface area contributed by atoms with Gasteiger partial charge in [-0.3, -0.25) is 4.79 Å². The number of rotatable bonds is 5. The summed E-state index contributed by atoms with van der Waals surface area (Å²) in [6.07, 6.45) is -3.76. The standard InChI is InChI=1S/C15H15F3N4OS2.C2H6/c16-15(17,18)13-9-24-14(20-13)21-5-7-22(8-6-21)25-12-3-1-11(2-4-12)19-10-23;1-2/h1-4,9-10H,5-8H2,(H,19,23);1-2H3. The molecule has 0 saturated carbocycles. The minimum Gasteiger partial charge on any atom is -0.345 e. The van der Waals surface area contributed by atoms with Gasteiger partial charge in [0.2, 0.25) is 6.41 Å². The van der Waals surface area contributed by atoms with E-state index in [1.165, 1.54) is 0 Å². The highest BCUT2D eigenvalue weighted by Crippen LogP contribution is 2.34. The molecule has 0 bridgehead atoms. The molecule has 1 N–H and O–H groups in total. The quantitative estimate of drug-likeness (QED) is 0.569. The second-order valence-corrected chi connectivity index (χ2v) is 7.31. The van der Waals surface area contributed by atoms with Crippen molar-refractivity contribution in [3.05, 3.63) is 35.3 Å². The zero-order valence-corrected chi connectivity index (χ0v) is 16.6. The number of carbonyl (C=O) groups excluding carboxylic acids is 1. The first-order valence-electron chi connectivity index (χ1n) is 8.46. The van der Waals surface area contributed by atoms with Crippen LogP contribution in [0.1, 0.15) is 19.5 Å². The smallest absolute Gasteiger partial charge is 0.345 e. The first kappa shape index (κ1) is 21.5. The van der Waals surface area contributed by atoms with Gasteiger partial charge >= 0.3 is 6.18 Å². The van der Waals surface area contributed by atoms with Crippen LogP contribution in [0.4, 0.5) is 24.0 Å². The molecule has 1 aromatic heterocycles. The summed E-state index contributed by atoms with van der Waals surface area (Å²) in [5, 5.41) is 4.06. The molecule has 0 spiro atoms. The van der Waals surface area contributed by atoms with Gasteiger partial charge in [0.15, 0.2) is 10.8 Å². The molecule has 0 unspecified atom stereocenters. The number of halogens is 3. The van der Waals surface area contributed by atoms with Gasteiger partial charge in [0.25, 0.3) is 0 Å². The van der Waals surface area contributed by atoms with Crippen molar-refractivity contribution in [3.8, 4) is 0 Å². The number of carbonyl (C=O) groups is 1. The van der Waals surface area contributed by atoms with Crippen molar-refractivity contribution < 1.29 is 18.0 Å². The molecular weight excluding hydrogens is 397 g/mol. The molecule has 1 saturated heterocycles. The van der Waals surface area contributed by atoms with Crippen molar-refractivity contribution in [2.24, 2.45) is 0 Å².